The van der Waals surface area contributed by atoms with Crippen LogP contribution in [0.25, 0.3) is 10.9 Å². The van der Waals surface area contributed by atoms with Gasteiger partial charge in [0.15, 0.2) is 5.13 Å². The number of carbonyl (C=O) groups is 2. The quantitative estimate of drug-likeness (QED) is 0.591. The summed E-state index contributed by atoms with van der Waals surface area (Å²) >= 11 is 1.41. The number of H-pyrrole nitrogens is 1. The van der Waals surface area contributed by atoms with Gasteiger partial charge >= 0.3 is 0 Å². The van der Waals surface area contributed by atoms with Crippen molar-refractivity contribution >= 4 is 39.2 Å². The summed E-state index contributed by atoms with van der Waals surface area (Å²) in [5, 5.41) is 3.47. The van der Waals surface area contributed by atoms with E-state index in [1.54, 1.807) is 11.6 Å². The van der Waals surface area contributed by atoms with Crippen molar-refractivity contribution in [1.29, 1.82) is 0 Å². The van der Waals surface area contributed by atoms with Crippen molar-refractivity contribution in [3.8, 4) is 0 Å². The molecule has 2 amide bonds. The number of nitrogens with zero attached hydrogens (tertiary/aromatic N) is 2. The van der Waals surface area contributed by atoms with Crippen LogP contribution in [0.5, 0.6) is 0 Å². The summed E-state index contributed by atoms with van der Waals surface area (Å²) in [6.45, 7) is 2.84. The standard InChI is InChI=1S/C18H19N5O3S/c24-16(9-12-10-19-14-4-2-1-3-13(12)14)21-22-17(25)15-11-27-18(20-15)23-5-7-26-8-6-23/h1-4,10-11,19H,5-9H2,(H,21,24)(H,22,25). The number of thiazole rings is 1. The maximum absolute atomic E-state index is 12.2. The zero-order valence-corrected chi connectivity index (χ0v) is 15.3. The molecule has 3 heterocycles. The number of aromatic amines is 1. The van der Waals surface area contributed by atoms with E-state index in [0.717, 1.165) is 34.7 Å². The summed E-state index contributed by atoms with van der Waals surface area (Å²) in [5.41, 5.74) is 7.02. The van der Waals surface area contributed by atoms with Gasteiger partial charge in [-0.2, -0.15) is 0 Å². The van der Waals surface area contributed by atoms with Gasteiger partial charge in [-0.25, -0.2) is 4.98 Å². The number of rotatable bonds is 4. The van der Waals surface area contributed by atoms with Gasteiger partial charge in [0.25, 0.3) is 5.91 Å². The van der Waals surface area contributed by atoms with E-state index in [0.29, 0.717) is 13.2 Å². The van der Waals surface area contributed by atoms with Gasteiger partial charge in [-0.05, 0) is 11.6 Å². The molecule has 0 saturated carbocycles. The third-order valence-electron chi connectivity index (χ3n) is 4.35. The first-order chi connectivity index (χ1) is 13.2. The fraction of sp³-hybridized carbons (Fsp3) is 0.278. The number of amides is 2. The molecule has 4 rings (SSSR count). The van der Waals surface area contributed by atoms with E-state index in [-0.39, 0.29) is 18.0 Å². The van der Waals surface area contributed by atoms with E-state index in [1.807, 2.05) is 24.3 Å². The van der Waals surface area contributed by atoms with Crippen LogP contribution in [0, 0.1) is 0 Å². The average molecular weight is 385 g/mol. The van der Waals surface area contributed by atoms with Gasteiger partial charge in [-0.15, -0.1) is 11.3 Å². The van der Waals surface area contributed by atoms with E-state index in [4.69, 9.17) is 4.74 Å². The van der Waals surface area contributed by atoms with Crippen molar-refractivity contribution < 1.29 is 14.3 Å². The van der Waals surface area contributed by atoms with Crippen LogP contribution in [-0.4, -0.2) is 48.1 Å². The molecule has 1 aromatic carbocycles. The maximum atomic E-state index is 12.2. The molecule has 9 heteroatoms. The number of morpholine rings is 1. The Kier molecular flexibility index (Phi) is 5.03. The van der Waals surface area contributed by atoms with Crippen LogP contribution < -0.4 is 15.8 Å². The molecule has 1 saturated heterocycles. The van der Waals surface area contributed by atoms with E-state index in [9.17, 15) is 9.59 Å². The average Bonchev–Trinajstić information content (AvgIpc) is 3.35. The molecule has 8 nitrogen and oxygen atoms in total. The van der Waals surface area contributed by atoms with Gasteiger partial charge in [-0.3, -0.25) is 20.4 Å². The lowest BCUT2D eigenvalue weighted by atomic mass is 10.1. The van der Waals surface area contributed by atoms with Crippen molar-refractivity contribution in [2.75, 3.05) is 31.2 Å². The molecule has 3 aromatic rings. The van der Waals surface area contributed by atoms with Gasteiger partial charge in [0.05, 0.1) is 19.6 Å². The molecule has 140 valence electrons. The van der Waals surface area contributed by atoms with Gasteiger partial charge in [-0.1, -0.05) is 18.2 Å². The van der Waals surface area contributed by atoms with Crippen molar-refractivity contribution in [2.24, 2.45) is 0 Å². The molecule has 0 unspecified atom stereocenters. The third kappa shape index (κ3) is 3.93. The highest BCUT2D eigenvalue weighted by Crippen LogP contribution is 2.21. The molecule has 1 aliphatic heterocycles. The van der Waals surface area contributed by atoms with Crippen molar-refractivity contribution in [1.82, 2.24) is 20.8 Å². The molecule has 0 bridgehead atoms. The lowest BCUT2D eigenvalue weighted by Crippen LogP contribution is -2.42. The molecular weight excluding hydrogens is 366 g/mol. The van der Waals surface area contributed by atoms with Crippen LogP contribution in [-0.2, 0) is 16.0 Å². The molecule has 0 spiro atoms. The third-order valence-corrected chi connectivity index (χ3v) is 5.25. The van der Waals surface area contributed by atoms with E-state index >= 15 is 0 Å². The highest BCUT2D eigenvalue weighted by atomic mass is 32.1. The Morgan fingerprint density at radius 1 is 1.22 bits per heavy atom. The Balaban J connectivity index is 1.32. The second-order valence-corrected chi connectivity index (χ2v) is 6.99. The normalized spacial score (nSPS) is 14.3. The molecule has 0 radical (unpaired) electrons. The van der Waals surface area contributed by atoms with Crippen LogP contribution in [0.4, 0.5) is 5.13 Å². The van der Waals surface area contributed by atoms with Crippen LogP contribution in [0.3, 0.4) is 0 Å². The lowest BCUT2D eigenvalue weighted by molar-refractivity contribution is -0.121. The highest BCUT2D eigenvalue weighted by molar-refractivity contribution is 7.13. The van der Waals surface area contributed by atoms with Crippen molar-refractivity contribution in [3.63, 3.8) is 0 Å². The smallest absolute Gasteiger partial charge is 0.289 e. The number of hydrazine groups is 1. The zero-order chi connectivity index (χ0) is 18.6. The number of hydrogen-bond donors (Lipinski definition) is 3. The highest BCUT2D eigenvalue weighted by Gasteiger charge is 2.18. The van der Waals surface area contributed by atoms with E-state index in [1.165, 1.54) is 11.3 Å². The molecule has 1 aliphatic rings. The zero-order valence-electron chi connectivity index (χ0n) is 14.5. The fourth-order valence-electron chi connectivity index (χ4n) is 2.95. The number of carbonyl (C=O) groups excluding carboxylic acids is 2. The predicted octanol–water partition coefficient (Wildman–Crippen LogP) is 1.46. The molecule has 2 aromatic heterocycles. The van der Waals surface area contributed by atoms with Crippen molar-refractivity contribution in [3.05, 3.63) is 47.1 Å². The first-order valence-electron chi connectivity index (χ1n) is 8.63. The molecule has 27 heavy (non-hydrogen) atoms. The Bertz CT molecular complexity index is 961. The Hall–Kier alpha value is -2.91. The Morgan fingerprint density at radius 3 is 2.89 bits per heavy atom. The van der Waals surface area contributed by atoms with E-state index in [2.05, 4.69) is 25.7 Å². The van der Waals surface area contributed by atoms with Crippen molar-refractivity contribution in [2.45, 2.75) is 6.42 Å². The van der Waals surface area contributed by atoms with Gasteiger partial charge in [0.1, 0.15) is 5.69 Å². The Morgan fingerprint density at radius 2 is 2.04 bits per heavy atom. The number of ether oxygens (including phenoxy) is 1. The molecule has 3 N–H and O–H groups in total. The van der Waals surface area contributed by atoms with Crippen LogP contribution in [0.2, 0.25) is 0 Å². The van der Waals surface area contributed by atoms with Gasteiger partial charge in [0.2, 0.25) is 5.91 Å². The lowest BCUT2D eigenvalue weighted by Gasteiger charge is -2.25. The minimum atomic E-state index is -0.432. The molecule has 0 aliphatic carbocycles. The summed E-state index contributed by atoms with van der Waals surface area (Å²) < 4.78 is 5.32. The fourth-order valence-corrected chi connectivity index (χ4v) is 3.81. The predicted molar refractivity (Wildman–Crippen MR) is 103 cm³/mol. The number of para-hydroxylation sites is 1. The maximum Gasteiger partial charge on any atom is 0.289 e. The number of aromatic nitrogens is 2. The van der Waals surface area contributed by atoms with Crippen LogP contribution in [0.1, 0.15) is 16.1 Å². The number of fused-ring (bicyclic) bond motifs is 1. The molecule has 1 fully saturated rings. The number of nitrogens with one attached hydrogen (secondary N) is 3. The first-order valence-corrected chi connectivity index (χ1v) is 9.51. The number of anilines is 1. The summed E-state index contributed by atoms with van der Waals surface area (Å²) in [5.74, 6) is -0.727. The minimum absolute atomic E-state index is 0.167. The topological polar surface area (TPSA) is 99.4 Å². The second kappa shape index (κ2) is 7.77. The second-order valence-electron chi connectivity index (χ2n) is 6.15. The van der Waals surface area contributed by atoms with Gasteiger partial charge < -0.3 is 14.6 Å². The van der Waals surface area contributed by atoms with Crippen LogP contribution in [0.15, 0.2) is 35.8 Å². The summed E-state index contributed by atoms with van der Waals surface area (Å²) in [6, 6.07) is 7.76. The summed E-state index contributed by atoms with van der Waals surface area (Å²) in [4.78, 5) is 34.0. The first kappa shape index (κ1) is 17.5. The minimum Gasteiger partial charge on any atom is -0.378 e. The molecule has 0 atom stereocenters. The number of hydrogen-bond acceptors (Lipinski definition) is 6. The molecular formula is C18H19N5O3S. The largest absolute Gasteiger partial charge is 0.378 e. The number of benzene rings is 1. The van der Waals surface area contributed by atoms with Crippen LogP contribution >= 0.6 is 11.3 Å². The van der Waals surface area contributed by atoms with Gasteiger partial charge in [0, 0.05) is 35.6 Å². The summed E-state index contributed by atoms with van der Waals surface area (Å²) in [6.07, 6.45) is 1.97. The summed E-state index contributed by atoms with van der Waals surface area (Å²) in [7, 11) is 0. The Labute approximate surface area is 159 Å². The SMILES string of the molecule is O=C(Cc1c[nH]c2ccccc12)NNC(=O)c1csc(N2CCOCC2)n1. The van der Waals surface area contributed by atoms with E-state index < -0.39 is 5.91 Å². The monoisotopic (exact) mass is 385 g/mol.